The molecule has 0 bridgehead atoms. The molecule has 8 nitrogen and oxygen atoms in total. The lowest BCUT2D eigenvalue weighted by molar-refractivity contribution is -0.118. The predicted molar refractivity (Wildman–Crippen MR) is 128 cm³/mol. The fourth-order valence-corrected chi connectivity index (χ4v) is 3.68. The molecule has 2 heterocycles. The first kappa shape index (κ1) is 22.1. The molecule has 0 saturated heterocycles. The minimum atomic E-state index is -0.256. The summed E-state index contributed by atoms with van der Waals surface area (Å²) in [6.07, 6.45) is 6.49. The highest BCUT2D eigenvalue weighted by molar-refractivity contribution is 7.99. The molecule has 2 aromatic heterocycles. The van der Waals surface area contributed by atoms with E-state index in [1.54, 1.807) is 31.6 Å². The van der Waals surface area contributed by atoms with E-state index in [-0.39, 0.29) is 11.7 Å². The first-order chi connectivity index (χ1) is 16.2. The number of rotatable bonds is 9. The molecule has 0 atom stereocenters. The molecule has 33 heavy (non-hydrogen) atoms. The number of amides is 1. The Bertz CT molecular complexity index is 1230. The van der Waals surface area contributed by atoms with E-state index in [0.717, 1.165) is 17.0 Å². The minimum absolute atomic E-state index is 0.127. The lowest BCUT2D eigenvalue weighted by Gasteiger charge is -2.11. The van der Waals surface area contributed by atoms with Crippen molar-refractivity contribution < 1.29 is 13.9 Å². The molecule has 9 heteroatoms. The lowest BCUT2D eigenvalue weighted by atomic mass is 10.2. The van der Waals surface area contributed by atoms with Gasteiger partial charge in [-0.25, -0.2) is 5.43 Å². The third-order valence-corrected chi connectivity index (χ3v) is 5.41. The number of benzene rings is 2. The molecule has 0 spiro atoms. The van der Waals surface area contributed by atoms with Crippen molar-refractivity contribution in [3.63, 3.8) is 0 Å². The number of nitrogens with one attached hydrogen (secondary N) is 1. The monoisotopic (exact) mass is 459 g/mol. The van der Waals surface area contributed by atoms with E-state index in [9.17, 15) is 4.79 Å². The first-order valence-corrected chi connectivity index (χ1v) is 11.0. The molecular weight excluding hydrogens is 438 g/mol. The fraction of sp³-hybridized carbons (Fsp3) is 0.0833. The van der Waals surface area contributed by atoms with Crippen LogP contribution >= 0.6 is 11.8 Å². The number of allylic oxidation sites excluding steroid dienone is 1. The van der Waals surface area contributed by atoms with Gasteiger partial charge in [-0.1, -0.05) is 42.1 Å². The summed E-state index contributed by atoms with van der Waals surface area (Å²) in [5, 5.41) is 13.2. The number of carbonyl (C=O) groups excluding carboxylic acids is 1. The maximum absolute atomic E-state index is 12.3. The van der Waals surface area contributed by atoms with Gasteiger partial charge in [0.1, 0.15) is 11.5 Å². The zero-order valence-electron chi connectivity index (χ0n) is 17.8. The molecule has 4 rings (SSSR count). The van der Waals surface area contributed by atoms with E-state index in [0.29, 0.717) is 16.7 Å². The number of furan rings is 1. The lowest BCUT2D eigenvalue weighted by Crippen LogP contribution is -2.19. The molecule has 0 unspecified atom stereocenters. The molecule has 0 saturated carbocycles. The molecule has 0 radical (unpaired) electrons. The number of carbonyl (C=O) groups is 1. The van der Waals surface area contributed by atoms with Crippen molar-refractivity contribution in [2.45, 2.75) is 5.16 Å². The Morgan fingerprint density at radius 2 is 1.94 bits per heavy atom. The summed E-state index contributed by atoms with van der Waals surface area (Å²) < 4.78 is 12.4. The SMILES string of the molecule is COc1ccc(-n2c(SCC(=O)N/N=C\C=C\c3ccco3)nnc2-c2ccccc2)cc1. The average molecular weight is 460 g/mol. The predicted octanol–water partition coefficient (Wildman–Crippen LogP) is 4.44. The van der Waals surface area contributed by atoms with Crippen LogP contribution in [0.15, 0.2) is 93.7 Å². The largest absolute Gasteiger partial charge is 0.497 e. The molecule has 4 aromatic rings. The van der Waals surface area contributed by atoms with Crippen LogP contribution in [0.3, 0.4) is 0 Å². The standard InChI is InChI=1S/C24H21N5O3S/c1-31-20-13-11-19(12-14-20)29-23(18-7-3-2-4-8-18)27-28-24(29)33-17-22(30)26-25-15-5-9-21-10-6-16-32-21/h2-16H,17H2,1H3,(H,26,30)/b9-5+,25-15-. The number of hydrazone groups is 1. The smallest absolute Gasteiger partial charge is 0.250 e. The van der Waals surface area contributed by atoms with Gasteiger partial charge in [-0.2, -0.15) is 5.10 Å². The van der Waals surface area contributed by atoms with Gasteiger partial charge < -0.3 is 9.15 Å². The summed E-state index contributed by atoms with van der Waals surface area (Å²) >= 11 is 1.28. The Labute approximate surface area is 195 Å². The zero-order valence-corrected chi connectivity index (χ0v) is 18.6. The van der Waals surface area contributed by atoms with Gasteiger partial charge in [-0.3, -0.25) is 9.36 Å². The van der Waals surface area contributed by atoms with Gasteiger partial charge in [0.05, 0.1) is 19.1 Å². The number of ether oxygens (including phenoxy) is 1. The van der Waals surface area contributed by atoms with Gasteiger partial charge in [0.2, 0.25) is 0 Å². The van der Waals surface area contributed by atoms with Crippen LogP contribution < -0.4 is 10.2 Å². The molecule has 0 aliphatic rings. The van der Waals surface area contributed by atoms with Crippen molar-refractivity contribution in [3.05, 3.63) is 84.8 Å². The van der Waals surface area contributed by atoms with Gasteiger partial charge >= 0.3 is 0 Å². The van der Waals surface area contributed by atoms with E-state index in [4.69, 9.17) is 9.15 Å². The Kier molecular flexibility index (Phi) is 7.34. The van der Waals surface area contributed by atoms with Gasteiger partial charge in [-0.15, -0.1) is 10.2 Å². The first-order valence-electron chi connectivity index (χ1n) is 10.0. The normalized spacial score (nSPS) is 11.3. The van der Waals surface area contributed by atoms with Gasteiger partial charge in [0.15, 0.2) is 11.0 Å². The van der Waals surface area contributed by atoms with Gasteiger partial charge in [0.25, 0.3) is 5.91 Å². The highest BCUT2D eigenvalue weighted by atomic mass is 32.2. The van der Waals surface area contributed by atoms with Crippen molar-refractivity contribution >= 4 is 30.0 Å². The molecule has 166 valence electrons. The Hall–Kier alpha value is -4.11. The quantitative estimate of drug-likeness (QED) is 0.226. The van der Waals surface area contributed by atoms with Gasteiger partial charge in [-0.05, 0) is 48.6 Å². The Balaban J connectivity index is 1.46. The molecule has 0 aliphatic heterocycles. The van der Waals surface area contributed by atoms with Crippen LogP contribution in [-0.4, -0.2) is 39.7 Å². The fourth-order valence-electron chi connectivity index (χ4n) is 2.94. The topological polar surface area (TPSA) is 94.5 Å². The van der Waals surface area contributed by atoms with Crippen LogP contribution in [0.4, 0.5) is 0 Å². The van der Waals surface area contributed by atoms with Crippen LogP contribution in [0, 0.1) is 0 Å². The van der Waals surface area contributed by atoms with Crippen molar-refractivity contribution in [1.29, 1.82) is 0 Å². The van der Waals surface area contributed by atoms with Crippen LogP contribution in [0.5, 0.6) is 5.75 Å². The summed E-state index contributed by atoms with van der Waals surface area (Å²) in [4.78, 5) is 12.3. The second kappa shape index (κ2) is 11.0. The van der Waals surface area contributed by atoms with Crippen LogP contribution in [0.1, 0.15) is 5.76 Å². The number of hydrogen-bond donors (Lipinski definition) is 1. The molecule has 0 fully saturated rings. The molecule has 1 amide bonds. The van der Waals surface area contributed by atoms with E-state index < -0.39 is 0 Å². The van der Waals surface area contributed by atoms with E-state index in [1.807, 2.05) is 65.2 Å². The van der Waals surface area contributed by atoms with Crippen molar-refractivity contribution in [3.8, 4) is 22.8 Å². The number of thioether (sulfide) groups is 1. The highest BCUT2D eigenvalue weighted by Gasteiger charge is 2.17. The summed E-state index contributed by atoms with van der Waals surface area (Å²) in [7, 11) is 1.62. The number of nitrogens with zero attached hydrogens (tertiary/aromatic N) is 4. The van der Waals surface area contributed by atoms with Crippen molar-refractivity contribution in [2.24, 2.45) is 5.10 Å². The number of hydrogen-bond acceptors (Lipinski definition) is 7. The summed E-state index contributed by atoms with van der Waals surface area (Å²) in [6.45, 7) is 0. The summed E-state index contributed by atoms with van der Waals surface area (Å²) in [6, 6.07) is 21.0. The van der Waals surface area contributed by atoms with Crippen LogP contribution in [0.2, 0.25) is 0 Å². The summed E-state index contributed by atoms with van der Waals surface area (Å²) in [5.41, 5.74) is 4.29. The maximum atomic E-state index is 12.3. The molecular formula is C24H21N5O3S. The Morgan fingerprint density at radius 1 is 1.12 bits per heavy atom. The average Bonchev–Trinajstić information content (AvgIpc) is 3.53. The molecule has 1 N–H and O–H groups in total. The van der Waals surface area contributed by atoms with E-state index in [2.05, 4.69) is 20.7 Å². The van der Waals surface area contributed by atoms with Crippen molar-refractivity contribution in [1.82, 2.24) is 20.2 Å². The Morgan fingerprint density at radius 3 is 2.67 bits per heavy atom. The van der Waals surface area contributed by atoms with Crippen molar-refractivity contribution in [2.75, 3.05) is 12.9 Å². The number of aromatic nitrogens is 3. The van der Waals surface area contributed by atoms with E-state index >= 15 is 0 Å². The number of methoxy groups -OCH3 is 1. The summed E-state index contributed by atoms with van der Waals surface area (Å²) in [5.74, 6) is 2.01. The van der Waals surface area contributed by atoms with Crippen LogP contribution in [0.25, 0.3) is 23.2 Å². The zero-order chi connectivity index (χ0) is 22.9. The van der Waals surface area contributed by atoms with E-state index in [1.165, 1.54) is 18.0 Å². The highest BCUT2D eigenvalue weighted by Crippen LogP contribution is 2.28. The third-order valence-electron chi connectivity index (χ3n) is 4.48. The van der Waals surface area contributed by atoms with Crippen LogP contribution in [-0.2, 0) is 4.79 Å². The second-order valence-corrected chi connectivity index (χ2v) is 7.62. The van der Waals surface area contributed by atoms with Gasteiger partial charge in [0, 0.05) is 17.5 Å². The maximum Gasteiger partial charge on any atom is 0.250 e. The molecule has 0 aliphatic carbocycles. The third kappa shape index (κ3) is 5.78. The second-order valence-electron chi connectivity index (χ2n) is 6.68. The minimum Gasteiger partial charge on any atom is -0.497 e. The molecule has 2 aromatic carbocycles.